The molecule has 0 saturated carbocycles. The Labute approximate surface area is 117 Å². The Morgan fingerprint density at radius 2 is 2.18 bits per heavy atom. The molecule has 0 bridgehead atoms. The highest BCUT2D eigenvalue weighted by atomic mass is 79.9. The molecule has 2 aromatic rings. The molecule has 88 valence electrons. The molecule has 5 heteroatoms. The topological polar surface area (TPSA) is 43.1 Å². The first-order chi connectivity index (χ1) is 8.00. The summed E-state index contributed by atoms with van der Waals surface area (Å²) in [5, 5.41) is 0.403. The van der Waals surface area contributed by atoms with Crippen molar-refractivity contribution in [3.63, 3.8) is 0 Å². The molecule has 0 atom stereocenters. The van der Waals surface area contributed by atoms with E-state index in [-0.39, 0.29) is 5.78 Å². The number of para-hydroxylation sites is 1. The number of anilines is 1. The van der Waals surface area contributed by atoms with Gasteiger partial charge in [0.2, 0.25) is 5.78 Å². The van der Waals surface area contributed by atoms with Crippen LogP contribution in [-0.4, -0.2) is 5.78 Å². The first-order valence-electron chi connectivity index (χ1n) is 4.85. The summed E-state index contributed by atoms with van der Waals surface area (Å²) < 4.78 is 0.796. The summed E-state index contributed by atoms with van der Waals surface area (Å²) in [5.74, 6) is -0.102. The second-order valence-electron chi connectivity index (χ2n) is 3.56. The van der Waals surface area contributed by atoms with E-state index in [0.29, 0.717) is 21.2 Å². The Morgan fingerprint density at radius 1 is 1.47 bits per heavy atom. The van der Waals surface area contributed by atoms with Gasteiger partial charge in [-0.15, -0.1) is 11.3 Å². The van der Waals surface area contributed by atoms with Gasteiger partial charge in [0.05, 0.1) is 15.6 Å². The molecule has 2 nitrogen and oxygen atoms in total. The third-order valence-electron chi connectivity index (χ3n) is 2.31. The zero-order chi connectivity index (χ0) is 12.6. The SMILES string of the molecule is Cc1cc(Br)c(C(=O)c2cccc(Cl)c2N)s1. The first kappa shape index (κ1) is 12.6. The molecule has 0 fully saturated rings. The van der Waals surface area contributed by atoms with Crippen LogP contribution in [0.15, 0.2) is 28.7 Å². The summed E-state index contributed by atoms with van der Waals surface area (Å²) in [4.78, 5) is 14.0. The van der Waals surface area contributed by atoms with Crippen molar-refractivity contribution in [2.24, 2.45) is 0 Å². The number of carbonyl (C=O) groups is 1. The van der Waals surface area contributed by atoms with Crippen molar-refractivity contribution in [3.05, 3.63) is 49.1 Å². The van der Waals surface area contributed by atoms with Crippen LogP contribution >= 0.6 is 38.9 Å². The molecule has 0 amide bonds. The van der Waals surface area contributed by atoms with Crippen LogP contribution in [0.2, 0.25) is 5.02 Å². The number of ketones is 1. The Hall–Kier alpha value is -0.840. The van der Waals surface area contributed by atoms with Crippen LogP contribution in [-0.2, 0) is 0 Å². The number of benzene rings is 1. The number of hydrogen-bond donors (Lipinski definition) is 1. The van der Waals surface area contributed by atoms with Gasteiger partial charge in [0, 0.05) is 14.9 Å². The molecule has 0 radical (unpaired) electrons. The predicted octanol–water partition coefficient (Wildman–Crippen LogP) is 4.29. The summed E-state index contributed by atoms with van der Waals surface area (Å²) in [6.45, 7) is 1.95. The number of hydrogen-bond acceptors (Lipinski definition) is 3. The highest BCUT2D eigenvalue weighted by Crippen LogP contribution is 2.32. The van der Waals surface area contributed by atoms with Crippen LogP contribution in [0.4, 0.5) is 5.69 Å². The molecule has 1 aromatic carbocycles. The lowest BCUT2D eigenvalue weighted by Gasteiger charge is -2.05. The molecule has 0 saturated heterocycles. The van der Waals surface area contributed by atoms with Crippen LogP contribution in [0, 0.1) is 6.92 Å². The maximum absolute atomic E-state index is 12.3. The zero-order valence-electron chi connectivity index (χ0n) is 8.96. The van der Waals surface area contributed by atoms with Crippen molar-refractivity contribution in [3.8, 4) is 0 Å². The predicted molar refractivity (Wildman–Crippen MR) is 76.1 cm³/mol. The largest absolute Gasteiger partial charge is 0.397 e. The smallest absolute Gasteiger partial charge is 0.206 e. The third-order valence-corrected chi connectivity index (χ3v) is 4.58. The van der Waals surface area contributed by atoms with Gasteiger partial charge in [0.15, 0.2) is 0 Å². The van der Waals surface area contributed by atoms with Crippen molar-refractivity contribution in [1.82, 2.24) is 0 Å². The number of rotatable bonds is 2. The lowest BCUT2D eigenvalue weighted by atomic mass is 10.1. The number of nitrogens with two attached hydrogens (primary N) is 1. The van der Waals surface area contributed by atoms with Gasteiger partial charge >= 0.3 is 0 Å². The summed E-state index contributed by atoms with van der Waals surface area (Å²) in [5.41, 5.74) is 6.59. The minimum atomic E-state index is -0.102. The summed E-state index contributed by atoms with van der Waals surface area (Å²) in [6.07, 6.45) is 0. The molecule has 1 aromatic heterocycles. The Bertz CT molecular complexity index is 594. The van der Waals surface area contributed by atoms with Crippen LogP contribution in [0.5, 0.6) is 0 Å². The molecule has 1 heterocycles. The van der Waals surface area contributed by atoms with E-state index in [1.165, 1.54) is 11.3 Å². The van der Waals surface area contributed by atoms with Gasteiger partial charge in [-0.25, -0.2) is 0 Å². The highest BCUT2D eigenvalue weighted by molar-refractivity contribution is 9.10. The lowest BCUT2D eigenvalue weighted by molar-refractivity contribution is 0.104. The van der Waals surface area contributed by atoms with E-state index in [0.717, 1.165) is 9.35 Å². The normalized spacial score (nSPS) is 10.5. The van der Waals surface area contributed by atoms with Gasteiger partial charge < -0.3 is 5.73 Å². The molecule has 2 N–H and O–H groups in total. The average molecular weight is 331 g/mol. The first-order valence-corrected chi connectivity index (χ1v) is 6.84. The molecule has 17 heavy (non-hydrogen) atoms. The van der Waals surface area contributed by atoms with Crippen molar-refractivity contribution in [2.75, 3.05) is 5.73 Å². The maximum Gasteiger partial charge on any atom is 0.206 e. The lowest BCUT2D eigenvalue weighted by Crippen LogP contribution is -2.04. The van der Waals surface area contributed by atoms with Crippen LogP contribution in [0.1, 0.15) is 20.1 Å². The van der Waals surface area contributed by atoms with Gasteiger partial charge in [-0.05, 0) is 41.1 Å². The Balaban J connectivity index is 2.51. The van der Waals surface area contributed by atoms with Crippen LogP contribution < -0.4 is 5.73 Å². The number of carbonyl (C=O) groups excluding carboxylic acids is 1. The molecule has 2 rings (SSSR count). The summed E-state index contributed by atoms with van der Waals surface area (Å²) >= 11 is 10.7. The van der Waals surface area contributed by atoms with Crippen molar-refractivity contribution in [1.29, 1.82) is 0 Å². The molecule has 0 aliphatic rings. The van der Waals surface area contributed by atoms with Gasteiger partial charge in [-0.2, -0.15) is 0 Å². The standard InChI is InChI=1S/C12H9BrClNOS/c1-6-5-8(13)12(17-6)11(16)7-3-2-4-9(14)10(7)15/h2-5H,15H2,1H3. The molecule has 0 unspecified atom stereocenters. The minimum absolute atomic E-state index is 0.102. The number of thiophene rings is 1. The van der Waals surface area contributed by atoms with Crippen LogP contribution in [0.25, 0.3) is 0 Å². The number of aryl methyl sites for hydroxylation is 1. The maximum atomic E-state index is 12.3. The number of halogens is 2. The number of nitrogen functional groups attached to an aromatic ring is 1. The van der Waals surface area contributed by atoms with Crippen molar-refractivity contribution < 1.29 is 4.79 Å². The van der Waals surface area contributed by atoms with Gasteiger partial charge in [0.25, 0.3) is 0 Å². The van der Waals surface area contributed by atoms with Gasteiger partial charge in [-0.3, -0.25) is 4.79 Å². The van der Waals surface area contributed by atoms with Crippen molar-refractivity contribution in [2.45, 2.75) is 6.92 Å². The van der Waals surface area contributed by atoms with E-state index in [2.05, 4.69) is 15.9 Å². The fourth-order valence-corrected chi connectivity index (χ4v) is 3.45. The van der Waals surface area contributed by atoms with E-state index in [4.69, 9.17) is 17.3 Å². The second-order valence-corrected chi connectivity index (χ2v) is 6.08. The van der Waals surface area contributed by atoms with E-state index in [1.807, 2.05) is 13.0 Å². The van der Waals surface area contributed by atoms with Gasteiger partial charge in [0.1, 0.15) is 0 Å². The molecule has 0 aliphatic carbocycles. The van der Waals surface area contributed by atoms with E-state index in [9.17, 15) is 4.79 Å². The van der Waals surface area contributed by atoms with E-state index < -0.39 is 0 Å². The molecule has 0 spiro atoms. The Morgan fingerprint density at radius 3 is 2.76 bits per heavy atom. The summed E-state index contributed by atoms with van der Waals surface area (Å²) in [6, 6.07) is 6.99. The fourth-order valence-electron chi connectivity index (χ4n) is 1.50. The van der Waals surface area contributed by atoms with E-state index in [1.54, 1.807) is 18.2 Å². The monoisotopic (exact) mass is 329 g/mol. The minimum Gasteiger partial charge on any atom is -0.397 e. The molecule has 0 aliphatic heterocycles. The highest BCUT2D eigenvalue weighted by Gasteiger charge is 2.18. The average Bonchev–Trinajstić information content (AvgIpc) is 2.61. The quantitative estimate of drug-likeness (QED) is 0.659. The molecular weight excluding hydrogens is 322 g/mol. The van der Waals surface area contributed by atoms with Gasteiger partial charge in [-0.1, -0.05) is 17.7 Å². The third kappa shape index (κ3) is 2.39. The second kappa shape index (κ2) is 4.80. The van der Waals surface area contributed by atoms with Crippen molar-refractivity contribution >= 4 is 50.3 Å². The fraction of sp³-hybridized carbons (Fsp3) is 0.0833. The zero-order valence-corrected chi connectivity index (χ0v) is 12.1. The molecular formula is C12H9BrClNOS. The Kier molecular flexibility index (Phi) is 3.56. The summed E-state index contributed by atoms with van der Waals surface area (Å²) in [7, 11) is 0. The van der Waals surface area contributed by atoms with E-state index >= 15 is 0 Å². The van der Waals surface area contributed by atoms with Crippen LogP contribution in [0.3, 0.4) is 0 Å².